The zero-order valence-electron chi connectivity index (χ0n) is 28.2. The first-order chi connectivity index (χ1) is 17.4. The van der Waals surface area contributed by atoms with Crippen molar-refractivity contribution in [2.45, 2.75) is 122 Å². The van der Waals surface area contributed by atoms with Crippen molar-refractivity contribution in [1.29, 1.82) is 0 Å². The van der Waals surface area contributed by atoms with Crippen molar-refractivity contribution < 1.29 is 21.1 Å². The second-order valence-corrected chi connectivity index (χ2v) is 11.2. The minimum atomic E-state index is 0. The van der Waals surface area contributed by atoms with Gasteiger partial charge in [0, 0.05) is 5.70 Å². The molecule has 0 aromatic heterocycles. The van der Waals surface area contributed by atoms with Crippen LogP contribution in [0.15, 0.2) is 72.0 Å². The van der Waals surface area contributed by atoms with Crippen LogP contribution in [0.4, 0.5) is 0 Å². The van der Waals surface area contributed by atoms with Crippen LogP contribution < -0.4 is 5.73 Å². The summed E-state index contributed by atoms with van der Waals surface area (Å²) in [6.07, 6.45) is 15.6. The van der Waals surface area contributed by atoms with Gasteiger partial charge in [-0.05, 0) is 74.7 Å². The summed E-state index contributed by atoms with van der Waals surface area (Å²) in [6, 6.07) is 10.8. The zero-order chi connectivity index (χ0) is 29.1. The van der Waals surface area contributed by atoms with Gasteiger partial charge in [-0.2, -0.15) is 35.9 Å². The van der Waals surface area contributed by atoms with Crippen LogP contribution in [0.25, 0.3) is 0 Å². The van der Waals surface area contributed by atoms with Crippen molar-refractivity contribution >= 4 is 0 Å². The Morgan fingerprint density at radius 2 is 1.69 bits per heavy atom. The third kappa shape index (κ3) is 15.9. The molecule has 224 valence electrons. The van der Waals surface area contributed by atoms with E-state index in [1.807, 2.05) is 38.1 Å². The summed E-state index contributed by atoms with van der Waals surface area (Å²) in [5, 5.41) is 0. The Morgan fingerprint density at radius 3 is 2.08 bits per heavy atom. The number of hydrogen-bond acceptors (Lipinski definition) is 1. The summed E-state index contributed by atoms with van der Waals surface area (Å²) in [5.41, 5.74) is 11.8. The number of nitrogens with two attached hydrogens (primary N) is 1. The molecule has 1 aliphatic rings. The monoisotopic (exact) mass is 707 g/mol. The Hall–Kier alpha value is -1.33. The predicted molar refractivity (Wildman–Crippen MR) is 177 cm³/mol. The first kappa shape index (κ1) is 44.7. The Morgan fingerprint density at radius 1 is 1.13 bits per heavy atom. The van der Waals surface area contributed by atoms with Crippen molar-refractivity contribution in [2.24, 2.45) is 28.4 Å². The van der Waals surface area contributed by atoms with E-state index in [0.29, 0.717) is 17.3 Å². The maximum atomic E-state index is 6.16. The van der Waals surface area contributed by atoms with Crippen LogP contribution in [-0.2, 0) is 21.1 Å². The van der Waals surface area contributed by atoms with E-state index in [9.17, 15) is 0 Å². The molecular formula is C37H65NW. The fraction of sp³-hybridized carbons (Fsp3) is 0.595. The molecule has 0 radical (unpaired) electrons. The molecule has 0 amide bonds. The smallest absolute Gasteiger partial charge is 0.399 e. The molecule has 0 aliphatic heterocycles. The van der Waals surface area contributed by atoms with Gasteiger partial charge in [0.1, 0.15) is 0 Å². The van der Waals surface area contributed by atoms with E-state index < -0.39 is 0 Å². The van der Waals surface area contributed by atoms with Gasteiger partial charge in [-0.15, -0.1) is 6.58 Å². The maximum absolute atomic E-state index is 6.16. The molecule has 0 bridgehead atoms. The van der Waals surface area contributed by atoms with Crippen molar-refractivity contribution in [2.75, 3.05) is 0 Å². The number of allylic oxidation sites excluding steroid dienone is 6. The van der Waals surface area contributed by atoms with E-state index in [2.05, 4.69) is 106 Å². The second-order valence-electron chi connectivity index (χ2n) is 11.2. The molecule has 1 aromatic carbocycles. The van der Waals surface area contributed by atoms with E-state index in [0.717, 1.165) is 18.5 Å². The van der Waals surface area contributed by atoms with Crippen LogP contribution in [0.3, 0.4) is 0 Å². The molecule has 0 saturated heterocycles. The fourth-order valence-electron chi connectivity index (χ4n) is 4.94. The third-order valence-electron chi connectivity index (χ3n) is 8.29. The van der Waals surface area contributed by atoms with Gasteiger partial charge in [0.15, 0.2) is 0 Å². The molecule has 2 heteroatoms. The van der Waals surface area contributed by atoms with Crippen molar-refractivity contribution in [3.8, 4) is 0 Å². The van der Waals surface area contributed by atoms with E-state index in [4.69, 9.17) is 5.73 Å². The van der Waals surface area contributed by atoms with E-state index in [-0.39, 0.29) is 33.9 Å². The molecule has 3 unspecified atom stereocenters. The number of rotatable bonds is 4. The molecule has 1 aliphatic carbocycles. The Kier molecular flexibility index (Phi) is 28.0. The molecule has 0 fully saturated rings. The van der Waals surface area contributed by atoms with Gasteiger partial charge in [0.2, 0.25) is 0 Å². The van der Waals surface area contributed by atoms with Gasteiger partial charge in [-0.1, -0.05) is 105 Å². The van der Waals surface area contributed by atoms with Crippen molar-refractivity contribution in [3.05, 3.63) is 91.0 Å². The van der Waals surface area contributed by atoms with Crippen LogP contribution in [0.1, 0.15) is 120 Å². The Balaban J connectivity index is -0.000000338. The average molecular weight is 708 g/mol. The van der Waals surface area contributed by atoms with Gasteiger partial charge >= 0.3 is 21.1 Å². The summed E-state index contributed by atoms with van der Waals surface area (Å²) >= 11 is 0. The SMILES string of the molecule is C=CCC.CC.CCCC1(C)/C(C)=C(C)/C=C\C(N)=CCC(C)CCC1(C)C(C)C.Cc1c[c-]ccc1.[CH3-].[W+2]. The molecule has 2 rings (SSSR count). The first-order valence-electron chi connectivity index (χ1n) is 14.7. The number of hydrogen-bond donors (Lipinski definition) is 1. The predicted octanol–water partition coefficient (Wildman–Crippen LogP) is 11.9. The minimum absolute atomic E-state index is 0. The molecule has 0 heterocycles. The van der Waals surface area contributed by atoms with E-state index in [1.54, 1.807) is 0 Å². The average Bonchev–Trinajstić information content (AvgIpc) is 2.90. The van der Waals surface area contributed by atoms with Crippen LogP contribution in [0, 0.1) is 43.1 Å². The molecule has 1 aromatic rings. The van der Waals surface area contributed by atoms with Gasteiger partial charge in [-0.3, -0.25) is 0 Å². The van der Waals surface area contributed by atoms with Gasteiger partial charge in [0.05, 0.1) is 0 Å². The van der Waals surface area contributed by atoms with Gasteiger partial charge in [0.25, 0.3) is 0 Å². The normalized spacial score (nSPS) is 25.5. The summed E-state index contributed by atoms with van der Waals surface area (Å²) in [7, 11) is 0. The molecular weight excluding hydrogens is 642 g/mol. The van der Waals surface area contributed by atoms with E-state index >= 15 is 0 Å². The molecule has 0 spiro atoms. The number of aryl methyl sites for hydroxylation is 1. The summed E-state index contributed by atoms with van der Waals surface area (Å²) in [5.74, 6) is 1.35. The molecule has 2 N–H and O–H groups in total. The van der Waals surface area contributed by atoms with Crippen LogP contribution >= 0.6 is 0 Å². The third-order valence-corrected chi connectivity index (χ3v) is 8.29. The maximum Gasteiger partial charge on any atom is 2.00 e. The standard InChI is InChI=1S/C23H41N.C7H7.C4H8.C2H6.CH3.W/c1-9-15-23(8)20(6)19(5)11-13-21(24)12-10-18(4)14-16-22(23,7)17(2)3;1-7-5-3-2-4-6-7;1-3-4-2;1-2;;/h11-13,17-18H,9-10,14-16,24H2,1-8H3;2-3,5-6H,1H3;3H,1,4H2,2H3;1-2H3;1H3;/q;-1;;;-1;+2/b13-11-,20-19+,21-12?;;;;;. The molecule has 1 nitrogen and oxygen atoms in total. The molecule has 39 heavy (non-hydrogen) atoms. The number of benzene rings is 1. The van der Waals surface area contributed by atoms with E-state index in [1.165, 1.54) is 42.4 Å². The van der Waals surface area contributed by atoms with Crippen LogP contribution in [0.5, 0.6) is 0 Å². The topological polar surface area (TPSA) is 26.0 Å². The Labute approximate surface area is 261 Å². The second kappa shape index (κ2) is 24.5. The van der Waals surface area contributed by atoms with Crippen molar-refractivity contribution in [1.82, 2.24) is 0 Å². The molecule has 0 saturated carbocycles. The zero-order valence-corrected chi connectivity index (χ0v) is 31.1. The minimum Gasteiger partial charge on any atom is -0.399 e. The van der Waals surface area contributed by atoms with Gasteiger partial charge < -0.3 is 13.2 Å². The molecule has 3 atom stereocenters. The summed E-state index contributed by atoms with van der Waals surface area (Å²) < 4.78 is 0. The quantitative estimate of drug-likeness (QED) is 0.245. The fourth-order valence-corrected chi connectivity index (χ4v) is 4.94. The Bertz CT molecular complexity index is 817. The van der Waals surface area contributed by atoms with Crippen molar-refractivity contribution in [3.63, 3.8) is 0 Å². The summed E-state index contributed by atoms with van der Waals surface area (Å²) in [4.78, 5) is 0. The van der Waals surface area contributed by atoms with Gasteiger partial charge in [-0.25, -0.2) is 0 Å². The van der Waals surface area contributed by atoms with Crippen LogP contribution in [0.2, 0.25) is 0 Å². The van der Waals surface area contributed by atoms with Crippen LogP contribution in [-0.4, -0.2) is 0 Å². The first-order valence-corrected chi connectivity index (χ1v) is 14.7. The summed E-state index contributed by atoms with van der Waals surface area (Å²) in [6.45, 7) is 30.8. The largest absolute Gasteiger partial charge is 2.00 e.